The molecule has 0 saturated heterocycles. The molecule has 0 bridgehead atoms. The molecular formula is C21H25ClN6O4S. The molecule has 0 aliphatic carbocycles. The number of thiophene rings is 1. The topological polar surface area (TPSA) is 137 Å². The number of nitrogens with zero attached hydrogens (tertiary/aromatic N) is 6. The van der Waals surface area contributed by atoms with Crippen LogP contribution >= 0.6 is 22.9 Å². The van der Waals surface area contributed by atoms with Crippen molar-refractivity contribution in [1.29, 1.82) is 0 Å². The molecule has 3 rings (SSSR count). The van der Waals surface area contributed by atoms with Gasteiger partial charge in [0.25, 0.3) is 0 Å². The van der Waals surface area contributed by atoms with E-state index in [0.29, 0.717) is 16.0 Å². The molecule has 0 aliphatic rings. The molecular weight excluding hydrogens is 468 g/mol. The van der Waals surface area contributed by atoms with Crippen LogP contribution in [0.2, 0.25) is 5.28 Å². The molecule has 1 amide bonds. The van der Waals surface area contributed by atoms with E-state index >= 15 is 0 Å². The van der Waals surface area contributed by atoms with Crippen LogP contribution in [0.3, 0.4) is 0 Å². The summed E-state index contributed by atoms with van der Waals surface area (Å²) in [7, 11) is 0. The molecule has 0 spiro atoms. The molecule has 0 radical (unpaired) electrons. The molecule has 10 nitrogen and oxygen atoms in total. The second kappa shape index (κ2) is 9.56. The number of amides is 1. The van der Waals surface area contributed by atoms with Crippen LogP contribution in [0.15, 0.2) is 27.9 Å². The first-order chi connectivity index (χ1) is 15.4. The van der Waals surface area contributed by atoms with Gasteiger partial charge < -0.3 is 14.3 Å². The molecule has 0 fully saturated rings. The Balaban J connectivity index is 2.11. The summed E-state index contributed by atoms with van der Waals surface area (Å²) in [4.78, 5) is 26.8. The van der Waals surface area contributed by atoms with Crippen LogP contribution in [0.25, 0.3) is 20.7 Å². The van der Waals surface area contributed by atoms with E-state index in [9.17, 15) is 9.90 Å². The van der Waals surface area contributed by atoms with Crippen molar-refractivity contribution in [2.24, 2.45) is 5.11 Å². The highest BCUT2D eigenvalue weighted by Gasteiger charge is 2.30. The van der Waals surface area contributed by atoms with Crippen molar-refractivity contribution in [2.45, 2.75) is 58.8 Å². The lowest BCUT2D eigenvalue weighted by Crippen LogP contribution is -2.37. The van der Waals surface area contributed by atoms with E-state index < -0.39 is 17.3 Å². The van der Waals surface area contributed by atoms with Crippen LogP contribution < -0.4 is 4.90 Å². The summed E-state index contributed by atoms with van der Waals surface area (Å²) in [5.74, 6) is 0.819. The molecule has 1 N–H and O–H groups in total. The third kappa shape index (κ3) is 6.14. The van der Waals surface area contributed by atoms with Gasteiger partial charge in [0.1, 0.15) is 11.4 Å². The summed E-state index contributed by atoms with van der Waals surface area (Å²) < 4.78 is 11.7. The van der Waals surface area contributed by atoms with E-state index in [1.807, 2.05) is 6.92 Å². The molecule has 33 heavy (non-hydrogen) atoms. The Morgan fingerprint density at radius 2 is 2.12 bits per heavy atom. The van der Waals surface area contributed by atoms with Gasteiger partial charge in [-0.15, -0.1) is 11.3 Å². The molecule has 3 aromatic rings. The first-order valence-electron chi connectivity index (χ1n) is 10.1. The Hall–Kier alpha value is -2.85. The summed E-state index contributed by atoms with van der Waals surface area (Å²) in [6, 6.07) is 3.47. The summed E-state index contributed by atoms with van der Waals surface area (Å²) >= 11 is 7.58. The Bertz CT molecular complexity index is 1200. The second-order valence-electron chi connectivity index (χ2n) is 8.85. The third-order valence-electron chi connectivity index (χ3n) is 4.60. The minimum Gasteiger partial charge on any atom is -0.467 e. The number of azide groups is 1. The summed E-state index contributed by atoms with van der Waals surface area (Å²) in [5, 5.41) is 14.1. The van der Waals surface area contributed by atoms with Crippen LogP contribution in [-0.2, 0) is 17.7 Å². The lowest BCUT2D eigenvalue weighted by molar-refractivity contribution is 0.0574. The minimum atomic E-state index is -1.26. The van der Waals surface area contributed by atoms with E-state index in [0.717, 1.165) is 10.4 Å². The van der Waals surface area contributed by atoms with Crippen LogP contribution in [0.5, 0.6) is 0 Å². The highest BCUT2D eigenvalue weighted by atomic mass is 35.5. The van der Waals surface area contributed by atoms with E-state index in [2.05, 4.69) is 20.0 Å². The quantitative estimate of drug-likeness (QED) is 0.191. The maximum atomic E-state index is 13.2. The average molecular weight is 493 g/mol. The van der Waals surface area contributed by atoms with Crippen LogP contribution in [0, 0.1) is 6.92 Å². The Kier molecular flexibility index (Phi) is 7.18. The number of halogens is 1. The lowest BCUT2D eigenvalue weighted by Gasteiger charge is -2.26. The number of fused-ring (bicyclic) bond motifs is 1. The number of ether oxygens (including phenoxy) is 1. The fourth-order valence-electron chi connectivity index (χ4n) is 3.13. The van der Waals surface area contributed by atoms with Crippen LogP contribution in [0.4, 0.5) is 10.6 Å². The van der Waals surface area contributed by atoms with Gasteiger partial charge in [0.2, 0.25) is 5.28 Å². The average Bonchev–Trinajstić information content (AvgIpc) is 3.31. The number of hydrogen-bond acceptors (Lipinski definition) is 8. The molecule has 1 atom stereocenters. The van der Waals surface area contributed by atoms with Gasteiger partial charge in [0.05, 0.1) is 35.2 Å². The number of aromatic nitrogens is 2. The molecule has 176 valence electrons. The number of anilines is 1. The van der Waals surface area contributed by atoms with Gasteiger partial charge in [-0.05, 0) is 69.4 Å². The van der Waals surface area contributed by atoms with Gasteiger partial charge in [-0.25, -0.2) is 9.78 Å². The van der Waals surface area contributed by atoms with Gasteiger partial charge in [-0.1, -0.05) is 5.11 Å². The van der Waals surface area contributed by atoms with Gasteiger partial charge in [-0.2, -0.15) is 4.98 Å². The van der Waals surface area contributed by atoms with Gasteiger partial charge >= 0.3 is 6.09 Å². The van der Waals surface area contributed by atoms with E-state index in [4.69, 9.17) is 26.3 Å². The van der Waals surface area contributed by atoms with E-state index in [1.54, 1.807) is 39.8 Å². The summed E-state index contributed by atoms with van der Waals surface area (Å²) in [5.41, 5.74) is 7.97. The number of rotatable bonds is 7. The normalized spacial score (nSPS) is 13.4. The second-order valence-corrected chi connectivity index (χ2v) is 10.3. The molecule has 0 aliphatic heterocycles. The van der Waals surface area contributed by atoms with E-state index in [1.165, 1.54) is 22.5 Å². The Labute approximate surface area is 199 Å². The highest BCUT2D eigenvalue weighted by molar-refractivity contribution is 7.19. The summed E-state index contributed by atoms with van der Waals surface area (Å²) in [6.07, 6.45) is 1.13. The van der Waals surface area contributed by atoms with Crippen molar-refractivity contribution in [3.63, 3.8) is 0 Å². The number of hydrogen-bond donors (Lipinski definition) is 1. The third-order valence-corrected chi connectivity index (χ3v) is 6.04. The molecule has 0 saturated carbocycles. The Morgan fingerprint density at radius 3 is 2.73 bits per heavy atom. The zero-order valence-electron chi connectivity index (χ0n) is 19.0. The van der Waals surface area contributed by atoms with Crippen molar-refractivity contribution in [2.75, 3.05) is 11.4 Å². The summed E-state index contributed by atoms with van der Waals surface area (Å²) in [6.45, 7) is 8.77. The van der Waals surface area contributed by atoms with Crippen LogP contribution in [0.1, 0.15) is 43.9 Å². The van der Waals surface area contributed by atoms with Crippen molar-refractivity contribution in [3.05, 3.63) is 50.3 Å². The van der Waals surface area contributed by atoms with Gasteiger partial charge in [0.15, 0.2) is 5.82 Å². The first-order valence-corrected chi connectivity index (χ1v) is 11.3. The maximum Gasteiger partial charge on any atom is 0.416 e. The fraction of sp³-hybridized carbons (Fsp3) is 0.476. The number of furan rings is 1. The monoisotopic (exact) mass is 492 g/mol. The number of carbonyl (C=O) groups excluding carboxylic acids is 1. The Morgan fingerprint density at radius 1 is 1.39 bits per heavy atom. The number of aliphatic hydroxyl groups is 1. The largest absolute Gasteiger partial charge is 0.467 e. The molecule has 3 heterocycles. The minimum absolute atomic E-state index is 0.0289. The van der Waals surface area contributed by atoms with Gasteiger partial charge in [-0.3, -0.25) is 4.90 Å². The molecule has 12 heteroatoms. The number of aryl methyl sites for hydroxylation is 1. The molecule has 0 unspecified atom stereocenters. The number of carbonyl (C=O) groups is 1. The fourth-order valence-corrected chi connectivity index (χ4v) is 4.72. The van der Waals surface area contributed by atoms with Gasteiger partial charge in [0, 0.05) is 16.2 Å². The maximum absolute atomic E-state index is 13.2. The predicted molar refractivity (Wildman–Crippen MR) is 127 cm³/mol. The molecule has 0 aromatic carbocycles. The lowest BCUT2D eigenvalue weighted by atomic mass is 10.00. The standard InChI is InChI=1S/C21H25ClN6O4S/c1-12-14(9-21(5,30)11-24-27-23)33-16-15(12)25-18(22)26-17(16)28(10-13-7-6-8-31-13)19(29)32-20(2,3)4/h6-8,30H,9-11H2,1-5H3/t21-/m0/s1. The predicted octanol–water partition coefficient (Wildman–Crippen LogP) is 5.79. The zero-order valence-corrected chi connectivity index (χ0v) is 20.6. The zero-order chi connectivity index (χ0) is 24.4. The smallest absolute Gasteiger partial charge is 0.416 e. The van der Waals surface area contributed by atoms with Crippen LogP contribution in [-0.4, -0.2) is 38.9 Å². The van der Waals surface area contributed by atoms with Crippen molar-refractivity contribution in [3.8, 4) is 0 Å². The molecule has 3 aromatic heterocycles. The van der Waals surface area contributed by atoms with Crippen molar-refractivity contribution in [1.82, 2.24) is 9.97 Å². The van der Waals surface area contributed by atoms with Crippen molar-refractivity contribution < 1.29 is 19.1 Å². The SMILES string of the molecule is Cc1c(C[C@](C)(O)CN=[N+]=[N-])sc2c(N(Cc3ccco3)C(=O)OC(C)(C)C)nc(Cl)nc12. The van der Waals surface area contributed by atoms with E-state index in [-0.39, 0.29) is 30.6 Å². The first kappa shape index (κ1) is 24.8. The van der Waals surface area contributed by atoms with Crippen molar-refractivity contribution >= 4 is 45.1 Å². The highest BCUT2D eigenvalue weighted by Crippen LogP contribution is 2.38.